The van der Waals surface area contributed by atoms with Crippen LogP contribution in [0.1, 0.15) is 16.0 Å². The highest BCUT2D eigenvalue weighted by Crippen LogP contribution is 2.44. The van der Waals surface area contributed by atoms with Crippen LogP contribution in [-0.2, 0) is 12.1 Å². The van der Waals surface area contributed by atoms with Gasteiger partial charge < -0.3 is 0 Å². The van der Waals surface area contributed by atoms with Crippen molar-refractivity contribution in [3.63, 3.8) is 0 Å². The van der Waals surface area contributed by atoms with Gasteiger partial charge in [0.2, 0.25) is 0 Å². The van der Waals surface area contributed by atoms with Crippen LogP contribution in [0, 0.1) is 0 Å². The molecule has 2 aromatic carbocycles. The van der Waals surface area contributed by atoms with Gasteiger partial charge in [0.25, 0.3) is 0 Å². The fourth-order valence-electron chi connectivity index (χ4n) is 3.36. The summed E-state index contributed by atoms with van der Waals surface area (Å²) < 4.78 is 0. The Labute approximate surface area is 163 Å². The molecule has 2 heterocycles. The van der Waals surface area contributed by atoms with Gasteiger partial charge in [0.1, 0.15) is 5.66 Å². The monoisotopic (exact) mass is 381 g/mol. The van der Waals surface area contributed by atoms with E-state index in [2.05, 4.69) is 66.5 Å². The molecule has 4 rings (SSSR count). The summed E-state index contributed by atoms with van der Waals surface area (Å²) in [5, 5.41) is 1.80. The van der Waals surface area contributed by atoms with Gasteiger partial charge in [-0.2, -0.15) is 0 Å². The predicted octanol–water partition coefficient (Wildman–Crippen LogP) is 5.14. The number of thiazole rings is 1. The van der Waals surface area contributed by atoms with Crippen molar-refractivity contribution in [2.24, 2.45) is 0 Å². The van der Waals surface area contributed by atoms with Gasteiger partial charge in [-0.1, -0.05) is 60.1 Å². The molecule has 132 valence electrons. The molecule has 3 aromatic rings. The van der Waals surface area contributed by atoms with Crippen molar-refractivity contribution in [1.29, 1.82) is 0 Å². The second-order valence-electron chi connectivity index (χ2n) is 6.55. The Morgan fingerprint density at radius 2 is 1.81 bits per heavy atom. The van der Waals surface area contributed by atoms with Gasteiger partial charge in [-0.25, -0.2) is 4.98 Å². The van der Waals surface area contributed by atoms with Gasteiger partial charge in [0, 0.05) is 28.7 Å². The predicted molar refractivity (Wildman–Crippen MR) is 110 cm³/mol. The molecule has 0 saturated carbocycles. The van der Waals surface area contributed by atoms with Crippen LogP contribution in [0.25, 0.3) is 0 Å². The highest BCUT2D eigenvalue weighted by molar-refractivity contribution is 7.15. The van der Waals surface area contributed by atoms with Crippen molar-refractivity contribution in [1.82, 2.24) is 9.88 Å². The first-order chi connectivity index (χ1) is 12.6. The van der Waals surface area contributed by atoms with Crippen LogP contribution in [0.3, 0.4) is 0 Å². The molecule has 1 aliphatic heterocycles. The van der Waals surface area contributed by atoms with Crippen LogP contribution >= 0.6 is 22.9 Å². The molecule has 3 nitrogen and oxygen atoms in total. The zero-order chi connectivity index (χ0) is 18.1. The first-order valence-electron chi connectivity index (χ1n) is 8.51. The topological polar surface area (TPSA) is 19.4 Å². The summed E-state index contributed by atoms with van der Waals surface area (Å²) in [7, 11) is 4.20. The highest BCUT2D eigenvalue weighted by atomic mass is 35.5. The first-order valence-corrected chi connectivity index (χ1v) is 9.70. The molecular formula is C21H20ClN3S. The first kappa shape index (κ1) is 17.3. The lowest BCUT2D eigenvalue weighted by molar-refractivity contribution is 0.193. The van der Waals surface area contributed by atoms with Crippen molar-refractivity contribution in [3.05, 3.63) is 94.1 Å². The summed E-state index contributed by atoms with van der Waals surface area (Å²) in [4.78, 5) is 10.4. The summed E-state index contributed by atoms with van der Waals surface area (Å²) in [5.74, 6) is 0. The van der Waals surface area contributed by atoms with E-state index in [1.165, 1.54) is 10.4 Å². The second-order valence-corrected chi connectivity index (χ2v) is 8.05. The maximum absolute atomic E-state index is 6.30. The third-order valence-corrected chi connectivity index (χ3v) is 6.14. The summed E-state index contributed by atoms with van der Waals surface area (Å²) in [6.45, 7) is 0. The Kier molecular flexibility index (Phi) is 4.57. The Hall–Kier alpha value is -2.14. The van der Waals surface area contributed by atoms with Crippen LogP contribution in [-0.4, -0.2) is 24.0 Å². The quantitative estimate of drug-likeness (QED) is 0.610. The lowest BCUT2D eigenvalue weighted by Gasteiger charge is -2.50. The second kappa shape index (κ2) is 6.88. The van der Waals surface area contributed by atoms with Crippen molar-refractivity contribution >= 4 is 28.1 Å². The highest BCUT2D eigenvalue weighted by Gasteiger charge is 2.44. The third kappa shape index (κ3) is 2.84. The maximum Gasteiger partial charge on any atom is 0.191 e. The fraction of sp³-hybridized carbons (Fsp3) is 0.190. The van der Waals surface area contributed by atoms with E-state index < -0.39 is 0 Å². The van der Waals surface area contributed by atoms with Crippen LogP contribution in [0.4, 0.5) is 5.13 Å². The van der Waals surface area contributed by atoms with Gasteiger partial charge >= 0.3 is 0 Å². The zero-order valence-electron chi connectivity index (χ0n) is 14.8. The Morgan fingerprint density at radius 1 is 1.08 bits per heavy atom. The summed E-state index contributed by atoms with van der Waals surface area (Å²) in [6.07, 6.45) is 7.08. The molecule has 0 amide bonds. The number of anilines is 1. The molecule has 1 unspecified atom stereocenters. The molecule has 1 aromatic heterocycles. The van der Waals surface area contributed by atoms with Gasteiger partial charge in [0.05, 0.1) is 0 Å². The molecule has 5 heteroatoms. The molecule has 0 fully saturated rings. The number of hydrogen-bond acceptors (Lipinski definition) is 4. The molecular weight excluding hydrogens is 362 g/mol. The fourth-order valence-corrected chi connectivity index (χ4v) is 4.54. The molecule has 0 aliphatic carbocycles. The third-order valence-electron chi connectivity index (χ3n) is 4.77. The largest absolute Gasteiger partial charge is 0.298 e. The molecule has 0 saturated heterocycles. The summed E-state index contributed by atoms with van der Waals surface area (Å²) in [5.41, 5.74) is 2.07. The molecule has 1 atom stereocenters. The van der Waals surface area contributed by atoms with Crippen molar-refractivity contribution in [2.45, 2.75) is 12.1 Å². The smallest absolute Gasteiger partial charge is 0.191 e. The number of likely N-dealkylation sites (N-methyl/N-ethyl adjacent to an activating group) is 1. The normalized spacial score (nSPS) is 19.0. The number of hydrogen-bond donors (Lipinski definition) is 0. The molecule has 0 spiro atoms. The van der Waals surface area contributed by atoms with Crippen LogP contribution < -0.4 is 4.90 Å². The van der Waals surface area contributed by atoms with Crippen molar-refractivity contribution in [2.75, 3.05) is 19.0 Å². The minimum atomic E-state index is -0.291. The van der Waals surface area contributed by atoms with E-state index in [0.29, 0.717) is 0 Å². The van der Waals surface area contributed by atoms with E-state index in [-0.39, 0.29) is 5.66 Å². The van der Waals surface area contributed by atoms with Crippen LogP contribution in [0.2, 0.25) is 5.02 Å². The minimum Gasteiger partial charge on any atom is -0.298 e. The molecule has 0 N–H and O–H groups in total. The van der Waals surface area contributed by atoms with Gasteiger partial charge in [0.15, 0.2) is 5.13 Å². The number of rotatable bonds is 5. The average molecular weight is 382 g/mol. The molecule has 0 bridgehead atoms. The van der Waals surface area contributed by atoms with E-state index in [1.54, 1.807) is 11.3 Å². The minimum absolute atomic E-state index is 0.291. The Morgan fingerprint density at radius 3 is 2.46 bits per heavy atom. The zero-order valence-corrected chi connectivity index (χ0v) is 16.3. The number of aromatic nitrogens is 1. The van der Waals surface area contributed by atoms with E-state index in [4.69, 9.17) is 16.6 Å². The molecule has 0 radical (unpaired) electrons. The molecule has 1 aliphatic rings. The van der Waals surface area contributed by atoms with E-state index in [0.717, 1.165) is 22.1 Å². The number of nitrogens with zero attached hydrogens (tertiary/aromatic N) is 3. The van der Waals surface area contributed by atoms with Gasteiger partial charge in [-0.05, 0) is 37.4 Å². The Balaban J connectivity index is 1.63. The van der Waals surface area contributed by atoms with Gasteiger partial charge in [-0.3, -0.25) is 9.80 Å². The standard InChI is InChI=1S/C21H20ClN3S/c1-24(2)21(17-9-4-3-5-10-17)12-13-25(21)20-23-15-18(26-20)14-16-8-6-7-11-19(16)22/h3-13,15H,14H2,1-2H3. The Bertz CT molecular complexity index is 935. The van der Waals surface area contributed by atoms with E-state index >= 15 is 0 Å². The number of benzene rings is 2. The van der Waals surface area contributed by atoms with E-state index in [1.807, 2.05) is 30.5 Å². The summed E-state index contributed by atoms with van der Waals surface area (Å²) in [6, 6.07) is 18.5. The maximum atomic E-state index is 6.30. The average Bonchev–Trinajstić information content (AvgIpc) is 3.05. The molecule has 26 heavy (non-hydrogen) atoms. The lowest BCUT2D eigenvalue weighted by Crippen LogP contribution is -2.57. The van der Waals surface area contributed by atoms with Crippen molar-refractivity contribution in [3.8, 4) is 0 Å². The SMILES string of the molecule is CN(C)C1(c2ccccc2)C=CN1c1ncc(Cc2ccccc2Cl)s1. The lowest BCUT2D eigenvalue weighted by atomic mass is 9.92. The summed E-state index contributed by atoms with van der Waals surface area (Å²) >= 11 is 8.02. The van der Waals surface area contributed by atoms with Gasteiger partial charge in [-0.15, -0.1) is 11.3 Å². The van der Waals surface area contributed by atoms with Crippen molar-refractivity contribution < 1.29 is 0 Å². The van der Waals surface area contributed by atoms with Crippen LogP contribution in [0.15, 0.2) is 73.1 Å². The van der Waals surface area contributed by atoms with E-state index in [9.17, 15) is 0 Å². The van der Waals surface area contributed by atoms with Crippen LogP contribution in [0.5, 0.6) is 0 Å². The number of halogens is 1.